The van der Waals surface area contributed by atoms with Gasteiger partial charge in [-0.3, -0.25) is 4.79 Å². The van der Waals surface area contributed by atoms with Gasteiger partial charge < -0.3 is 14.3 Å². The Morgan fingerprint density at radius 3 is 2.88 bits per heavy atom. The summed E-state index contributed by atoms with van der Waals surface area (Å²) in [5.41, 5.74) is 0.986. The number of aromatic hydroxyl groups is 1. The van der Waals surface area contributed by atoms with Crippen molar-refractivity contribution in [2.45, 2.75) is 13.3 Å². The molecule has 0 aliphatic heterocycles. The van der Waals surface area contributed by atoms with E-state index in [0.717, 1.165) is 0 Å². The molecule has 4 nitrogen and oxygen atoms in total. The molecule has 90 valence electrons. The van der Waals surface area contributed by atoms with Crippen molar-refractivity contribution >= 4 is 11.0 Å². The van der Waals surface area contributed by atoms with E-state index in [1.165, 1.54) is 12.1 Å². The molecule has 2 rings (SSSR count). The zero-order valence-electron chi connectivity index (χ0n) is 9.82. The normalized spacial score (nSPS) is 10.9. The predicted molar refractivity (Wildman–Crippen MR) is 64.5 cm³/mol. The van der Waals surface area contributed by atoms with Gasteiger partial charge in [-0.2, -0.15) is 0 Å². The van der Waals surface area contributed by atoms with Crippen LogP contribution < -0.4 is 5.43 Å². The van der Waals surface area contributed by atoms with Crippen LogP contribution in [0.3, 0.4) is 0 Å². The second kappa shape index (κ2) is 4.59. The van der Waals surface area contributed by atoms with Gasteiger partial charge in [0.15, 0.2) is 5.43 Å². The highest BCUT2D eigenvalue weighted by molar-refractivity contribution is 5.78. The lowest BCUT2D eigenvalue weighted by Crippen LogP contribution is -2.13. The molecule has 0 fully saturated rings. The van der Waals surface area contributed by atoms with Crippen molar-refractivity contribution in [2.75, 3.05) is 13.7 Å². The van der Waals surface area contributed by atoms with Crippen LogP contribution in [-0.4, -0.2) is 18.8 Å². The van der Waals surface area contributed by atoms with E-state index in [-0.39, 0.29) is 11.2 Å². The molecule has 1 aromatic heterocycles. The fourth-order valence-corrected chi connectivity index (χ4v) is 1.83. The topological polar surface area (TPSA) is 59.7 Å². The van der Waals surface area contributed by atoms with Gasteiger partial charge in [0.2, 0.25) is 0 Å². The minimum Gasteiger partial charge on any atom is -0.508 e. The molecule has 0 spiro atoms. The standard InChI is InChI=1S/C13H14O4/c1-8-10(5-6-16-2)13(15)11-4-3-9(14)7-12(11)17-8/h3-4,7,14H,5-6H2,1-2H3. The van der Waals surface area contributed by atoms with Crippen LogP contribution in [0, 0.1) is 6.92 Å². The summed E-state index contributed by atoms with van der Waals surface area (Å²) >= 11 is 0. The third kappa shape index (κ3) is 2.17. The molecule has 0 aliphatic carbocycles. The lowest BCUT2D eigenvalue weighted by Gasteiger charge is -2.06. The Hall–Kier alpha value is -1.81. The van der Waals surface area contributed by atoms with E-state index in [4.69, 9.17) is 9.15 Å². The molecule has 4 heteroatoms. The number of fused-ring (bicyclic) bond motifs is 1. The zero-order valence-corrected chi connectivity index (χ0v) is 9.82. The van der Waals surface area contributed by atoms with E-state index < -0.39 is 0 Å². The molecule has 0 bridgehead atoms. The molecule has 0 amide bonds. The van der Waals surface area contributed by atoms with E-state index in [1.54, 1.807) is 20.1 Å². The number of ether oxygens (including phenoxy) is 1. The number of phenols is 1. The molecule has 1 N–H and O–H groups in total. The first kappa shape index (κ1) is 11.7. The Morgan fingerprint density at radius 1 is 1.41 bits per heavy atom. The maximum Gasteiger partial charge on any atom is 0.196 e. The first-order chi connectivity index (χ1) is 8.13. The predicted octanol–water partition coefficient (Wildman–Crippen LogP) is 2.00. The summed E-state index contributed by atoms with van der Waals surface area (Å²) < 4.78 is 10.5. The van der Waals surface area contributed by atoms with Crippen LogP contribution in [0.25, 0.3) is 11.0 Å². The Labute approximate surface area is 98.4 Å². The van der Waals surface area contributed by atoms with Crippen molar-refractivity contribution < 1.29 is 14.3 Å². The van der Waals surface area contributed by atoms with Gasteiger partial charge in [-0.25, -0.2) is 0 Å². The Kier molecular flexibility index (Phi) is 3.15. The number of hydrogen-bond donors (Lipinski definition) is 1. The first-order valence-electron chi connectivity index (χ1n) is 5.37. The first-order valence-corrected chi connectivity index (χ1v) is 5.37. The van der Waals surface area contributed by atoms with Crippen molar-refractivity contribution in [1.29, 1.82) is 0 Å². The maximum absolute atomic E-state index is 12.2. The monoisotopic (exact) mass is 234 g/mol. The molecule has 1 aromatic carbocycles. The number of aryl methyl sites for hydroxylation is 1. The molecule has 0 unspecified atom stereocenters. The Balaban J connectivity index is 2.63. The number of rotatable bonds is 3. The molecular weight excluding hydrogens is 220 g/mol. The summed E-state index contributed by atoms with van der Waals surface area (Å²) in [5.74, 6) is 0.662. The van der Waals surface area contributed by atoms with Gasteiger partial charge >= 0.3 is 0 Å². The van der Waals surface area contributed by atoms with Crippen molar-refractivity contribution in [1.82, 2.24) is 0 Å². The minimum absolute atomic E-state index is 0.0548. The fraction of sp³-hybridized carbons (Fsp3) is 0.308. The van der Waals surface area contributed by atoms with Crippen molar-refractivity contribution in [3.63, 3.8) is 0 Å². The molecule has 2 aromatic rings. The number of methoxy groups -OCH3 is 1. The zero-order chi connectivity index (χ0) is 12.4. The van der Waals surface area contributed by atoms with E-state index in [2.05, 4.69) is 0 Å². The fourth-order valence-electron chi connectivity index (χ4n) is 1.83. The van der Waals surface area contributed by atoms with Crippen LogP contribution in [0.15, 0.2) is 27.4 Å². The lowest BCUT2D eigenvalue weighted by molar-refractivity contribution is 0.201. The molecule has 0 saturated carbocycles. The second-order valence-electron chi connectivity index (χ2n) is 3.89. The second-order valence-corrected chi connectivity index (χ2v) is 3.89. The molecule has 17 heavy (non-hydrogen) atoms. The molecule has 0 atom stereocenters. The highest BCUT2D eigenvalue weighted by Gasteiger charge is 2.11. The van der Waals surface area contributed by atoms with E-state index in [0.29, 0.717) is 35.3 Å². The molecule has 0 radical (unpaired) electrons. The summed E-state index contributed by atoms with van der Waals surface area (Å²) in [6.07, 6.45) is 0.529. The molecule has 1 heterocycles. The third-order valence-electron chi connectivity index (χ3n) is 2.73. The maximum atomic E-state index is 12.2. The number of benzene rings is 1. The summed E-state index contributed by atoms with van der Waals surface area (Å²) in [6.45, 7) is 2.23. The van der Waals surface area contributed by atoms with E-state index in [1.807, 2.05) is 0 Å². The highest BCUT2D eigenvalue weighted by Crippen LogP contribution is 2.20. The average molecular weight is 234 g/mol. The summed E-state index contributed by atoms with van der Waals surface area (Å²) in [4.78, 5) is 12.2. The summed E-state index contributed by atoms with van der Waals surface area (Å²) in [5, 5.41) is 9.83. The van der Waals surface area contributed by atoms with Crippen LogP contribution in [0.4, 0.5) is 0 Å². The van der Waals surface area contributed by atoms with Gasteiger partial charge in [-0.15, -0.1) is 0 Å². The van der Waals surface area contributed by atoms with Crippen molar-refractivity contribution in [3.8, 4) is 5.75 Å². The number of hydrogen-bond acceptors (Lipinski definition) is 4. The van der Waals surface area contributed by atoms with E-state index in [9.17, 15) is 9.90 Å². The van der Waals surface area contributed by atoms with Gasteiger partial charge in [0.05, 0.1) is 12.0 Å². The van der Waals surface area contributed by atoms with Crippen LogP contribution in [-0.2, 0) is 11.2 Å². The minimum atomic E-state index is -0.0548. The molecule has 0 saturated heterocycles. The SMILES string of the molecule is COCCc1c(C)oc2cc(O)ccc2c1=O. The summed E-state index contributed by atoms with van der Waals surface area (Å²) in [7, 11) is 1.59. The van der Waals surface area contributed by atoms with Crippen LogP contribution in [0.1, 0.15) is 11.3 Å². The van der Waals surface area contributed by atoms with Gasteiger partial charge in [-0.1, -0.05) is 0 Å². The smallest absolute Gasteiger partial charge is 0.196 e. The van der Waals surface area contributed by atoms with Gasteiger partial charge in [0, 0.05) is 25.2 Å². The third-order valence-corrected chi connectivity index (χ3v) is 2.73. The Bertz CT molecular complexity index is 598. The van der Waals surface area contributed by atoms with Crippen molar-refractivity contribution in [2.24, 2.45) is 0 Å². The summed E-state index contributed by atoms with van der Waals surface area (Å²) in [6, 6.07) is 4.50. The van der Waals surface area contributed by atoms with Crippen LogP contribution in [0.2, 0.25) is 0 Å². The quantitative estimate of drug-likeness (QED) is 0.882. The Morgan fingerprint density at radius 2 is 2.18 bits per heavy atom. The van der Waals surface area contributed by atoms with E-state index >= 15 is 0 Å². The van der Waals surface area contributed by atoms with Crippen LogP contribution in [0.5, 0.6) is 5.75 Å². The largest absolute Gasteiger partial charge is 0.508 e. The van der Waals surface area contributed by atoms with Crippen molar-refractivity contribution in [3.05, 3.63) is 39.7 Å². The van der Waals surface area contributed by atoms with Gasteiger partial charge in [0.25, 0.3) is 0 Å². The number of phenolic OH excluding ortho intramolecular Hbond substituents is 1. The molecular formula is C13H14O4. The van der Waals surface area contributed by atoms with Gasteiger partial charge in [0.1, 0.15) is 17.1 Å². The highest BCUT2D eigenvalue weighted by atomic mass is 16.5. The van der Waals surface area contributed by atoms with Gasteiger partial charge in [-0.05, 0) is 19.1 Å². The average Bonchev–Trinajstić information content (AvgIpc) is 2.28. The van der Waals surface area contributed by atoms with Crippen LogP contribution >= 0.6 is 0 Å². The molecule has 0 aliphatic rings. The lowest BCUT2D eigenvalue weighted by atomic mass is 10.1.